The van der Waals surface area contributed by atoms with Crippen LogP contribution in [0.2, 0.25) is 0 Å². The molecule has 1 amide bonds. The number of hydrogen-bond donors (Lipinski definition) is 1. The van der Waals surface area contributed by atoms with E-state index in [1.807, 2.05) is 32.0 Å². The molecule has 0 aliphatic heterocycles. The van der Waals surface area contributed by atoms with Crippen molar-refractivity contribution in [3.8, 4) is 11.5 Å². The predicted octanol–water partition coefficient (Wildman–Crippen LogP) is 4.41. The Balaban J connectivity index is 2.05. The number of benzene rings is 3. The minimum atomic E-state index is -4.07. The van der Waals surface area contributed by atoms with Crippen molar-refractivity contribution >= 4 is 27.3 Å². The molecule has 1 N–H and O–H groups in total. The lowest BCUT2D eigenvalue weighted by molar-refractivity contribution is -0.114. The predicted molar refractivity (Wildman–Crippen MR) is 130 cm³/mol. The number of aryl methyl sites for hydroxylation is 2. The number of hydrogen-bond acceptors (Lipinski definition) is 5. The number of nitrogens with zero attached hydrogens (tertiary/aromatic N) is 1. The van der Waals surface area contributed by atoms with Gasteiger partial charge in [-0.2, -0.15) is 0 Å². The molecule has 0 bridgehead atoms. The van der Waals surface area contributed by atoms with E-state index in [0.717, 1.165) is 21.9 Å². The lowest BCUT2D eigenvalue weighted by Crippen LogP contribution is -2.38. The van der Waals surface area contributed by atoms with Gasteiger partial charge in [-0.05, 0) is 48.7 Å². The Kier molecular flexibility index (Phi) is 7.60. The number of carbonyl (C=O) groups excluding carboxylic acids is 1. The molecule has 0 heterocycles. The van der Waals surface area contributed by atoms with E-state index < -0.39 is 22.5 Å². The molecule has 0 saturated carbocycles. The highest BCUT2D eigenvalue weighted by molar-refractivity contribution is 7.92. The molecular formula is C25H28N2O5S. The summed E-state index contributed by atoms with van der Waals surface area (Å²) in [4.78, 5) is 13.2. The lowest BCUT2D eigenvalue weighted by Gasteiger charge is -2.26. The van der Waals surface area contributed by atoms with Crippen LogP contribution in [0.3, 0.4) is 0 Å². The van der Waals surface area contributed by atoms with Crippen LogP contribution in [-0.4, -0.2) is 35.1 Å². The highest BCUT2D eigenvalue weighted by atomic mass is 32.2. The molecule has 33 heavy (non-hydrogen) atoms. The zero-order valence-corrected chi connectivity index (χ0v) is 20.0. The molecule has 0 aliphatic rings. The van der Waals surface area contributed by atoms with Crippen molar-refractivity contribution in [1.29, 1.82) is 0 Å². The largest absolute Gasteiger partial charge is 0.497 e. The SMILES string of the molecule is CCc1cccc(C)c1NC(=O)CN(c1ccc(OC)cc1OC)S(=O)(=O)c1ccccc1. The molecular weight excluding hydrogens is 440 g/mol. The Bertz CT molecular complexity index is 1230. The number of rotatable bonds is 9. The normalized spacial score (nSPS) is 11.0. The summed E-state index contributed by atoms with van der Waals surface area (Å²) in [6.45, 7) is 3.47. The number of para-hydroxylation sites is 1. The standard InChI is InChI=1S/C25H28N2O5S/c1-5-19-11-9-10-18(2)25(19)26-24(28)17-27(33(29,30)21-12-7-6-8-13-21)22-15-14-20(31-3)16-23(22)32-4/h6-16H,5,17H2,1-4H3,(H,26,28). The Morgan fingerprint density at radius 3 is 2.33 bits per heavy atom. The fourth-order valence-corrected chi connectivity index (χ4v) is 4.97. The molecule has 0 fully saturated rings. The Labute approximate surface area is 195 Å². The highest BCUT2D eigenvalue weighted by Crippen LogP contribution is 2.35. The Hall–Kier alpha value is -3.52. The van der Waals surface area contributed by atoms with Gasteiger partial charge in [-0.25, -0.2) is 8.42 Å². The molecule has 7 nitrogen and oxygen atoms in total. The minimum absolute atomic E-state index is 0.0702. The van der Waals surface area contributed by atoms with E-state index in [2.05, 4.69) is 5.32 Å². The van der Waals surface area contributed by atoms with E-state index in [1.165, 1.54) is 26.4 Å². The molecule has 0 atom stereocenters. The van der Waals surface area contributed by atoms with Gasteiger partial charge in [-0.3, -0.25) is 9.10 Å². The molecule has 0 radical (unpaired) electrons. The van der Waals surface area contributed by atoms with Gasteiger partial charge in [0.05, 0.1) is 24.8 Å². The molecule has 0 spiro atoms. The molecule has 3 aromatic carbocycles. The van der Waals surface area contributed by atoms with Gasteiger partial charge < -0.3 is 14.8 Å². The lowest BCUT2D eigenvalue weighted by atomic mass is 10.1. The highest BCUT2D eigenvalue weighted by Gasteiger charge is 2.30. The van der Waals surface area contributed by atoms with Gasteiger partial charge in [-0.15, -0.1) is 0 Å². The topological polar surface area (TPSA) is 84.9 Å². The quantitative estimate of drug-likeness (QED) is 0.503. The number of amides is 1. The van der Waals surface area contributed by atoms with Gasteiger partial charge >= 0.3 is 0 Å². The smallest absolute Gasteiger partial charge is 0.264 e. The maximum atomic E-state index is 13.6. The second-order valence-electron chi connectivity index (χ2n) is 7.37. The Morgan fingerprint density at radius 1 is 0.970 bits per heavy atom. The van der Waals surface area contributed by atoms with E-state index in [-0.39, 0.29) is 16.3 Å². The van der Waals surface area contributed by atoms with Gasteiger partial charge in [-0.1, -0.05) is 43.3 Å². The summed E-state index contributed by atoms with van der Waals surface area (Å²) in [5.41, 5.74) is 2.81. The van der Waals surface area contributed by atoms with Crippen LogP contribution in [-0.2, 0) is 21.2 Å². The fourth-order valence-electron chi connectivity index (χ4n) is 3.52. The van der Waals surface area contributed by atoms with Crippen LogP contribution in [0.25, 0.3) is 0 Å². The molecule has 3 aromatic rings. The van der Waals surface area contributed by atoms with E-state index >= 15 is 0 Å². The maximum Gasteiger partial charge on any atom is 0.264 e. The minimum Gasteiger partial charge on any atom is -0.497 e. The van der Waals surface area contributed by atoms with E-state index in [1.54, 1.807) is 36.4 Å². The number of carbonyl (C=O) groups is 1. The fraction of sp³-hybridized carbons (Fsp3) is 0.240. The van der Waals surface area contributed by atoms with Crippen LogP contribution in [0.15, 0.2) is 71.6 Å². The van der Waals surface area contributed by atoms with Crippen LogP contribution in [0, 0.1) is 6.92 Å². The van der Waals surface area contributed by atoms with Crippen molar-refractivity contribution in [2.45, 2.75) is 25.2 Å². The van der Waals surface area contributed by atoms with Crippen molar-refractivity contribution in [1.82, 2.24) is 0 Å². The van der Waals surface area contributed by atoms with E-state index in [4.69, 9.17) is 9.47 Å². The molecule has 0 unspecified atom stereocenters. The van der Waals surface area contributed by atoms with Crippen LogP contribution < -0.4 is 19.1 Å². The summed E-state index contributed by atoms with van der Waals surface area (Å²) in [5, 5.41) is 2.90. The first-order chi connectivity index (χ1) is 15.8. The molecule has 0 aliphatic carbocycles. The van der Waals surface area contributed by atoms with Crippen LogP contribution in [0.4, 0.5) is 11.4 Å². The van der Waals surface area contributed by atoms with Crippen molar-refractivity contribution in [3.63, 3.8) is 0 Å². The average Bonchev–Trinajstić information content (AvgIpc) is 2.83. The van der Waals surface area contributed by atoms with Crippen molar-refractivity contribution in [2.24, 2.45) is 0 Å². The zero-order valence-electron chi connectivity index (χ0n) is 19.2. The molecule has 8 heteroatoms. The summed E-state index contributed by atoms with van der Waals surface area (Å²) in [6.07, 6.45) is 0.732. The first-order valence-electron chi connectivity index (χ1n) is 10.5. The monoisotopic (exact) mass is 468 g/mol. The van der Waals surface area contributed by atoms with Crippen molar-refractivity contribution in [3.05, 3.63) is 77.9 Å². The third-order valence-electron chi connectivity index (χ3n) is 5.28. The van der Waals surface area contributed by atoms with Crippen molar-refractivity contribution in [2.75, 3.05) is 30.4 Å². The summed E-state index contributed by atoms with van der Waals surface area (Å²) in [6, 6.07) is 18.5. The average molecular weight is 469 g/mol. The Morgan fingerprint density at radius 2 is 1.70 bits per heavy atom. The summed E-state index contributed by atoms with van der Waals surface area (Å²) in [7, 11) is -1.12. The number of methoxy groups -OCH3 is 2. The van der Waals surface area contributed by atoms with Gasteiger partial charge in [0.2, 0.25) is 5.91 Å². The third kappa shape index (κ3) is 5.28. The van der Waals surface area contributed by atoms with Gasteiger partial charge in [0, 0.05) is 11.8 Å². The van der Waals surface area contributed by atoms with E-state index in [0.29, 0.717) is 11.4 Å². The van der Waals surface area contributed by atoms with E-state index in [9.17, 15) is 13.2 Å². The second-order valence-corrected chi connectivity index (χ2v) is 9.24. The first-order valence-corrected chi connectivity index (χ1v) is 11.9. The number of ether oxygens (including phenoxy) is 2. The molecule has 0 aromatic heterocycles. The molecule has 3 rings (SSSR count). The zero-order chi connectivity index (χ0) is 24.0. The maximum absolute atomic E-state index is 13.6. The van der Waals surface area contributed by atoms with Crippen molar-refractivity contribution < 1.29 is 22.7 Å². The van der Waals surface area contributed by atoms with Crippen LogP contribution in [0.1, 0.15) is 18.1 Å². The first kappa shape index (κ1) is 24.1. The molecule has 174 valence electrons. The molecule has 0 saturated heterocycles. The number of sulfonamides is 1. The van der Waals surface area contributed by atoms with Crippen LogP contribution in [0.5, 0.6) is 11.5 Å². The number of anilines is 2. The number of nitrogens with one attached hydrogen (secondary N) is 1. The summed E-state index contributed by atoms with van der Waals surface area (Å²) in [5.74, 6) is 0.313. The summed E-state index contributed by atoms with van der Waals surface area (Å²) >= 11 is 0. The van der Waals surface area contributed by atoms with Gasteiger partial charge in [0.1, 0.15) is 18.0 Å². The van der Waals surface area contributed by atoms with Gasteiger partial charge in [0.25, 0.3) is 10.0 Å². The van der Waals surface area contributed by atoms with Gasteiger partial charge in [0.15, 0.2) is 0 Å². The third-order valence-corrected chi connectivity index (χ3v) is 7.05. The second kappa shape index (κ2) is 10.4. The van der Waals surface area contributed by atoms with Crippen LogP contribution >= 0.6 is 0 Å². The summed E-state index contributed by atoms with van der Waals surface area (Å²) < 4.78 is 38.9.